The van der Waals surface area contributed by atoms with Gasteiger partial charge in [-0.15, -0.1) is 0 Å². The van der Waals surface area contributed by atoms with Crippen molar-refractivity contribution in [2.75, 3.05) is 6.61 Å². The van der Waals surface area contributed by atoms with E-state index in [1.54, 1.807) is 44.3 Å². The monoisotopic (exact) mass is 405 g/mol. The van der Waals surface area contributed by atoms with E-state index in [4.69, 9.17) is 4.74 Å². The molecule has 0 atom stereocenters. The molecule has 0 aliphatic heterocycles. The van der Waals surface area contributed by atoms with Crippen molar-refractivity contribution >= 4 is 23.6 Å². The van der Waals surface area contributed by atoms with Crippen LogP contribution in [-0.4, -0.2) is 28.3 Å². The highest BCUT2D eigenvalue weighted by molar-refractivity contribution is 5.90. The smallest absolute Gasteiger partial charge is 0.338 e. The Balaban J connectivity index is 1.94. The highest BCUT2D eigenvalue weighted by Gasteiger charge is 2.13. The van der Waals surface area contributed by atoms with Crippen LogP contribution in [0.3, 0.4) is 0 Å². The van der Waals surface area contributed by atoms with Gasteiger partial charge in [0.2, 0.25) is 0 Å². The average molecular weight is 405 g/mol. The first-order valence-corrected chi connectivity index (χ1v) is 9.57. The second-order valence-corrected chi connectivity index (χ2v) is 6.92. The van der Waals surface area contributed by atoms with Gasteiger partial charge in [0, 0.05) is 40.5 Å². The van der Waals surface area contributed by atoms with Gasteiger partial charge in [0.1, 0.15) is 0 Å². The summed E-state index contributed by atoms with van der Waals surface area (Å²) >= 11 is 0. The minimum absolute atomic E-state index is 0.0471. The lowest BCUT2D eigenvalue weighted by atomic mass is 10.2. The van der Waals surface area contributed by atoms with Crippen molar-refractivity contribution in [1.29, 1.82) is 0 Å². The van der Waals surface area contributed by atoms with E-state index in [0.717, 1.165) is 22.6 Å². The number of nitrogens with zero attached hydrogens (tertiary/aromatic N) is 3. The third-order valence-corrected chi connectivity index (χ3v) is 4.83. The molecule has 2 aromatic carbocycles. The molecule has 0 saturated carbocycles. The van der Waals surface area contributed by atoms with Crippen LogP contribution in [-0.2, 0) is 4.74 Å². The Bertz CT molecular complexity index is 1150. The molecule has 3 aromatic rings. The highest BCUT2D eigenvalue weighted by atomic mass is 16.6. The molecule has 0 fully saturated rings. The van der Waals surface area contributed by atoms with E-state index in [9.17, 15) is 14.9 Å². The van der Waals surface area contributed by atoms with Crippen LogP contribution in [0.25, 0.3) is 5.69 Å². The SMILES string of the molecule is CCOC(=O)c1cccc(-n2c(C)cc(C=Nc3ccc(C)c([N+](=O)[O-])c3)c2C)c1. The van der Waals surface area contributed by atoms with Crippen LogP contribution in [0.5, 0.6) is 0 Å². The van der Waals surface area contributed by atoms with Crippen molar-refractivity contribution in [3.8, 4) is 5.69 Å². The van der Waals surface area contributed by atoms with E-state index in [-0.39, 0.29) is 11.7 Å². The lowest BCUT2D eigenvalue weighted by Gasteiger charge is -2.11. The van der Waals surface area contributed by atoms with Gasteiger partial charge in [0.25, 0.3) is 5.69 Å². The third kappa shape index (κ3) is 4.30. The van der Waals surface area contributed by atoms with Crippen molar-refractivity contribution in [3.63, 3.8) is 0 Å². The van der Waals surface area contributed by atoms with E-state index < -0.39 is 4.92 Å². The number of carbonyl (C=O) groups is 1. The van der Waals surface area contributed by atoms with Gasteiger partial charge in [-0.1, -0.05) is 12.1 Å². The Hall–Kier alpha value is -3.74. The zero-order valence-corrected chi connectivity index (χ0v) is 17.4. The molecule has 0 saturated heterocycles. The molecule has 0 N–H and O–H groups in total. The van der Waals surface area contributed by atoms with E-state index >= 15 is 0 Å². The summed E-state index contributed by atoms with van der Waals surface area (Å²) in [7, 11) is 0. The predicted molar refractivity (Wildman–Crippen MR) is 116 cm³/mol. The van der Waals surface area contributed by atoms with Crippen molar-refractivity contribution in [2.45, 2.75) is 27.7 Å². The maximum Gasteiger partial charge on any atom is 0.338 e. The van der Waals surface area contributed by atoms with Gasteiger partial charge in [-0.05, 0) is 58.0 Å². The zero-order chi connectivity index (χ0) is 21.8. The zero-order valence-electron chi connectivity index (χ0n) is 17.4. The summed E-state index contributed by atoms with van der Waals surface area (Å²) in [6, 6.07) is 14.2. The number of esters is 1. The van der Waals surface area contributed by atoms with Crippen LogP contribution in [0, 0.1) is 30.9 Å². The molecule has 3 rings (SSSR count). The van der Waals surface area contributed by atoms with Crippen LogP contribution in [0.1, 0.15) is 39.8 Å². The predicted octanol–water partition coefficient (Wildman–Crippen LogP) is 5.24. The summed E-state index contributed by atoms with van der Waals surface area (Å²) in [6.45, 7) is 7.73. The van der Waals surface area contributed by atoms with E-state index in [0.29, 0.717) is 23.4 Å². The van der Waals surface area contributed by atoms with Crippen molar-refractivity contribution in [1.82, 2.24) is 4.57 Å². The Morgan fingerprint density at radius 3 is 2.63 bits per heavy atom. The number of ether oxygens (including phenoxy) is 1. The van der Waals surface area contributed by atoms with Gasteiger partial charge in [0.15, 0.2) is 0 Å². The first-order chi connectivity index (χ1) is 14.3. The summed E-state index contributed by atoms with van der Waals surface area (Å²) < 4.78 is 7.12. The van der Waals surface area contributed by atoms with Crippen LogP contribution in [0.4, 0.5) is 11.4 Å². The topological polar surface area (TPSA) is 86.7 Å². The van der Waals surface area contributed by atoms with E-state index in [1.165, 1.54) is 6.07 Å². The quantitative estimate of drug-likeness (QED) is 0.243. The Morgan fingerprint density at radius 2 is 1.93 bits per heavy atom. The Kier molecular flexibility index (Phi) is 6.11. The maximum atomic E-state index is 12.1. The molecular weight excluding hydrogens is 382 g/mol. The maximum absolute atomic E-state index is 12.1. The molecule has 7 nitrogen and oxygen atoms in total. The normalized spacial score (nSPS) is 11.1. The van der Waals surface area contributed by atoms with Gasteiger partial charge in [-0.2, -0.15) is 0 Å². The molecule has 0 spiro atoms. The van der Waals surface area contributed by atoms with Crippen molar-refractivity contribution < 1.29 is 14.5 Å². The molecular formula is C23H23N3O4. The lowest BCUT2D eigenvalue weighted by Crippen LogP contribution is -2.06. The largest absolute Gasteiger partial charge is 0.462 e. The minimum Gasteiger partial charge on any atom is -0.462 e. The minimum atomic E-state index is -0.406. The summed E-state index contributed by atoms with van der Waals surface area (Å²) in [6.07, 6.45) is 1.70. The van der Waals surface area contributed by atoms with Crippen LogP contribution >= 0.6 is 0 Å². The Labute approximate surface area is 174 Å². The molecule has 154 valence electrons. The molecule has 0 radical (unpaired) electrons. The van der Waals surface area contributed by atoms with Crippen LogP contribution in [0.2, 0.25) is 0 Å². The van der Waals surface area contributed by atoms with Crippen molar-refractivity contribution in [2.24, 2.45) is 4.99 Å². The molecule has 0 aliphatic carbocycles. The summed E-state index contributed by atoms with van der Waals surface area (Å²) in [4.78, 5) is 27.2. The average Bonchev–Trinajstić information content (AvgIpc) is 3.00. The number of aromatic nitrogens is 1. The third-order valence-electron chi connectivity index (χ3n) is 4.83. The number of benzene rings is 2. The second kappa shape index (κ2) is 8.73. The number of aliphatic imine (C=N–C) groups is 1. The molecule has 0 bridgehead atoms. The fourth-order valence-electron chi connectivity index (χ4n) is 3.32. The first-order valence-electron chi connectivity index (χ1n) is 9.57. The van der Waals surface area contributed by atoms with Gasteiger partial charge in [-0.3, -0.25) is 15.1 Å². The van der Waals surface area contributed by atoms with Crippen LogP contribution in [0.15, 0.2) is 53.5 Å². The lowest BCUT2D eigenvalue weighted by molar-refractivity contribution is -0.385. The molecule has 0 unspecified atom stereocenters. The fraction of sp³-hybridized carbons (Fsp3) is 0.217. The molecule has 1 aromatic heterocycles. The molecule has 1 heterocycles. The second-order valence-electron chi connectivity index (χ2n) is 6.92. The number of rotatable bonds is 6. The molecule has 0 aliphatic rings. The van der Waals surface area contributed by atoms with Gasteiger partial charge in [-0.25, -0.2) is 4.79 Å². The number of nitro benzene ring substituents is 1. The van der Waals surface area contributed by atoms with Crippen molar-refractivity contribution in [3.05, 3.63) is 86.7 Å². The molecule has 0 amide bonds. The number of carbonyl (C=O) groups excluding carboxylic acids is 1. The van der Waals surface area contributed by atoms with Gasteiger partial charge < -0.3 is 9.30 Å². The standard InChI is InChI=1S/C23H23N3O4/c1-5-30-23(27)18-7-6-8-21(12-18)25-16(3)11-19(17(25)4)14-24-20-10-9-15(2)22(13-20)26(28)29/h6-14H,5H2,1-4H3. The summed E-state index contributed by atoms with van der Waals surface area (Å²) in [5, 5.41) is 11.1. The highest BCUT2D eigenvalue weighted by Crippen LogP contribution is 2.25. The van der Waals surface area contributed by atoms with Crippen LogP contribution < -0.4 is 0 Å². The van der Waals surface area contributed by atoms with Gasteiger partial charge >= 0.3 is 5.97 Å². The number of aryl methyl sites for hydroxylation is 2. The summed E-state index contributed by atoms with van der Waals surface area (Å²) in [5.74, 6) is -0.357. The Morgan fingerprint density at radius 1 is 1.17 bits per heavy atom. The fourth-order valence-corrected chi connectivity index (χ4v) is 3.32. The molecule has 30 heavy (non-hydrogen) atoms. The summed E-state index contributed by atoms with van der Waals surface area (Å²) in [5.41, 5.74) is 5.30. The first kappa shape index (κ1) is 21.0. The van der Waals surface area contributed by atoms with E-state index in [1.807, 2.05) is 36.6 Å². The van der Waals surface area contributed by atoms with E-state index in [2.05, 4.69) is 4.99 Å². The number of hydrogen-bond donors (Lipinski definition) is 0. The molecule has 7 heteroatoms. The van der Waals surface area contributed by atoms with Gasteiger partial charge in [0.05, 0.1) is 22.8 Å². The number of hydrogen-bond acceptors (Lipinski definition) is 5. The number of nitro groups is 1.